The summed E-state index contributed by atoms with van der Waals surface area (Å²) in [7, 11) is -3.59. The number of amides is 1. The number of sulfonamides is 1. The van der Waals surface area contributed by atoms with Crippen LogP contribution in [-0.4, -0.2) is 54.7 Å². The van der Waals surface area contributed by atoms with Crippen molar-refractivity contribution in [2.75, 3.05) is 26.2 Å². The molecule has 1 aliphatic rings. The minimum absolute atomic E-state index is 0.243. The van der Waals surface area contributed by atoms with Crippen LogP contribution < -0.4 is 0 Å². The lowest BCUT2D eigenvalue weighted by Crippen LogP contribution is -2.50. The van der Waals surface area contributed by atoms with Gasteiger partial charge in [0.1, 0.15) is 0 Å². The third-order valence-electron chi connectivity index (χ3n) is 5.74. The van der Waals surface area contributed by atoms with Gasteiger partial charge in [-0.1, -0.05) is 32.0 Å². The lowest BCUT2D eigenvalue weighted by molar-refractivity contribution is 0.0693. The molecule has 0 spiro atoms. The number of aromatic nitrogens is 1. The standard InChI is InChI=1S/C22H25N3O4S2/c1-3-16(2)17-6-8-18(9-7-17)31(27,28)25-12-10-24(11-13-25)22(26)20-21(29-15-23-20)19-5-4-14-30-19/h4-9,14-16H,3,10-13H2,1-2H3. The Balaban J connectivity index is 1.44. The van der Waals surface area contributed by atoms with E-state index in [1.165, 1.54) is 22.0 Å². The zero-order chi connectivity index (χ0) is 22.0. The molecule has 1 atom stereocenters. The van der Waals surface area contributed by atoms with E-state index in [0.717, 1.165) is 16.9 Å². The van der Waals surface area contributed by atoms with Crippen LogP contribution in [0.1, 0.15) is 42.2 Å². The lowest BCUT2D eigenvalue weighted by Gasteiger charge is -2.33. The molecule has 3 heterocycles. The van der Waals surface area contributed by atoms with Crippen LogP contribution in [-0.2, 0) is 10.0 Å². The molecule has 1 saturated heterocycles. The van der Waals surface area contributed by atoms with E-state index in [1.54, 1.807) is 17.0 Å². The summed E-state index contributed by atoms with van der Waals surface area (Å²) in [5, 5.41) is 1.91. The van der Waals surface area contributed by atoms with E-state index in [9.17, 15) is 13.2 Å². The molecule has 0 radical (unpaired) electrons. The van der Waals surface area contributed by atoms with Crippen molar-refractivity contribution in [3.8, 4) is 10.6 Å². The van der Waals surface area contributed by atoms with E-state index in [-0.39, 0.29) is 29.6 Å². The Labute approximate surface area is 186 Å². The Bertz CT molecular complexity index is 1130. The van der Waals surface area contributed by atoms with E-state index in [0.29, 0.717) is 24.8 Å². The van der Waals surface area contributed by atoms with Crippen molar-refractivity contribution in [3.05, 3.63) is 59.4 Å². The summed E-state index contributed by atoms with van der Waals surface area (Å²) in [6.07, 6.45) is 2.27. The van der Waals surface area contributed by atoms with Crippen LogP contribution in [0.3, 0.4) is 0 Å². The average molecular weight is 460 g/mol. The van der Waals surface area contributed by atoms with Crippen LogP contribution in [0, 0.1) is 0 Å². The van der Waals surface area contributed by atoms with Gasteiger partial charge in [0, 0.05) is 26.2 Å². The van der Waals surface area contributed by atoms with Crippen LogP contribution in [0.2, 0.25) is 0 Å². The minimum atomic E-state index is -3.59. The molecule has 7 nitrogen and oxygen atoms in total. The highest BCUT2D eigenvalue weighted by molar-refractivity contribution is 7.89. The average Bonchev–Trinajstić information content (AvgIpc) is 3.50. The van der Waals surface area contributed by atoms with Crippen molar-refractivity contribution < 1.29 is 17.6 Å². The Hall–Kier alpha value is -2.49. The monoisotopic (exact) mass is 459 g/mol. The molecule has 4 rings (SSSR count). The quantitative estimate of drug-likeness (QED) is 0.555. The van der Waals surface area contributed by atoms with Crippen LogP contribution in [0.25, 0.3) is 10.6 Å². The van der Waals surface area contributed by atoms with E-state index < -0.39 is 10.0 Å². The van der Waals surface area contributed by atoms with Gasteiger partial charge in [-0.15, -0.1) is 11.3 Å². The fourth-order valence-corrected chi connectivity index (χ4v) is 5.75. The molecule has 0 bridgehead atoms. The van der Waals surface area contributed by atoms with Gasteiger partial charge in [-0.2, -0.15) is 4.31 Å². The summed E-state index contributed by atoms with van der Waals surface area (Å²) in [6, 6.07) is 10.9. The molecule has 1 fully saturated rings. The van der Waals surface area contributed by atoms with Gasteiger partial charge in [0.05, 0.1) is 9.77 Å². The van der Waals surface area contributed by atoms with E-state index in [4.69, 9.17) is 4.42 Å². The van der Waals surface area contributed by atoms with Crippen molar-refractivity contribution in [1.82, 2.24) is 14.2 Å². The molecule has 1 unspecified atom stereocenters. The van der Waals surface area contributed by atoms with Crippen molar-refractivity contribution in [1.29, 1.82) is 0 Å². The van der Waals surface area contributed by atoms with E-state index in [2.05, 4.69) is 18.8 Å². The molecule has 1 aliphatic heterocycles. The highest BCUT2D eigenvalue weighted by Gasteiger charge is 2.32. The second-order valence-electron chi connectivity index (χ2n) is 7.58. The Morgan fingerprint density at radius 1 is 1.16 bits per heavy atom. The second-order valence-corrected chi connectivity index (χ2v) is 10.5. The first-order valence-electron chi connectivity index (χ1n) is 10.3. The van der Waals surface area contributed by atoms with Crippen molar-refractivity contribution in [2.45, 2.75) is 31.1 Å². The Morgan fingerprint density at radius 2 is 1.87 bits per heavy atom. The molecule has 1 amide bonds. The summed E-state index contributed by atoms with van der Waals surface area (Å²) < 4.78 is 33.0. The molecule has 2 aromatic heterocycles. The number of nitrogens with zero attached hydrogens (tertiary/aromatic N) is 3. The summed E-state index contributed by atoms with van der Waals surface area (Å²) in [6.45, 7) is 5.33. The topological polar surface area (TPSA) is 83.7 Å². The maximum absolute atomic E-state index is 13.0. The summed E-state index contributed by atoms with van der Waals surface area (Å²) >= 11 is 1.47. The number of benzene rings is 1. The zero-order valence-corrected chi connectivity index (χ0v) is 19.2. The van der Waals surface area contributed by atoms with Crippen LogP contribution >= 0.6 is 11.3 Å². The molecule has 31 heavy (non-hydrogen) atoms. The van der Waals surface area contributed by atoms with Crippen molar-refractivity contribution >= 4 is 27.3 Å². The van der Waals surface area contributed by atoms with Crippen molar-refractivity contribution in [2.24, 2.45) is 0 Å². The number of thiophene rings is 1. The number of oxazole rings is 1. The number of rotatable bonds is 6. The fraction of sp³-hybridized carbons (Fsp3) is 0.364. The van der Waals surface area contributed by atoms with Crippen molar-refractivity contribution in [3.63, 3.8) is 0 Å². The molecule has 3 aromatic rings. The van der Waals surface area contributed by atoms with E-state index in [1.807, 2.05) is 29.6 Å². The molecule has 9 heteroatoms. The molecule has 0 N–H and O–H groups in total. The number of carbonyl (C=O) groups excluding carboxylic acids is 1. The predicted molar refractivity (Wildman–Crippen MR) is 120 cm³/mol. The molecule has 1 aromatic carbocycles. The number of piperazine rings is 1. The predicted octanol–water partition coefficient (Wildman–Crippen LogP) is 4.06. The first-order valence-corrected chi connectivity index (χ1v) is 12.6. The number of hydrogen-bond donors (Lipinski definition) is 0. The number of carbonyl (C=O) groups is 1. The summed E-state index contributed by atoms with van der Waals surface area (Å²) in [4.78, 5) is 19.8. The minimum Gasteiger partial charge on any atom is -0.442 e. The van der Waals surface area contributed by atoms with Gasteiger partial charge in [-0.3, -0.25) is 4.79 Å². The maximum atomic E-state index is 13.0. The molecular weight excluding hydrogens is 434 g/mol. The van der Waals surface area contributed by atoms with Gasteiger partial charge in [-0.25, -0.2) is 13.4 Å². The van der Waals surface area contributed by atoms with Crippen LogP contribution in [0.15, 0.2) is 57.5 Å². The number of hydrogen-bond acceptors (Lipinski definition) is 6. The molecular formula is C22H25N3O4S2. The first kappa shape index (κ1) is 21.7. The SMILES string of the molecule is CCC(C)c1ccc(S(=O)(=O)N2CCN(C(=O)c3ncoc3-c3cccs3)CC2)cc1. The van der Waals surface area contributed by atoms with Gasteiger partial charge >= 0.3 is 0 Å². The third-order valence-corrected chi connectivity index (χ3v) is 8.52. The van der Waals surface area contributed by atoms with Gasteiger partial charge in [0.2, 0.25) is 10.0 Å². The lowest BCUT2D eigenvalue weighted by atomic mass is 9.99. The second kappa shape index (κ2) is 8.94. The fourth-order valence-electron chi connectivity index (χ4n) is 3.62. The van der Waals surface area contributed by atoms with Crippen LogP contribution in [0.5, 0.6) is 0 Å². The largest absolute Gasteiger partial charge is 0.442 e. The molecule has 164 valence electrons. The van der Waals surface area contributed by atoms with Gasteiger partial charge in [0.25, 0.3) is 5.91 Å². The van der Waals surface area contributed by atoms with Gasteiger partial charge < -0.3 is 9.32 Å². The smallest absolute Gasteiger partial charge is 0.276 e. The molecule has 0 saturated carbocycles. The zero-order valence-electron chi connectivity index (χ0n) is 17.5. The maximum Gasteiger partial charge on any atom is 0.276 e. The van der Waals surface area contributed by atoms with Gasteiger partial charge in [-0.05, 0) is 41.5 Å². The Morgan fingerprint density at radius 3 is 2.48 bits per heavy atom. The highest BCUT2D eigenvalue weighted by atomic mass is 32.2. The van der Waals surface area contributed by atoms with Gasteiger partial charge in [0.15, 0.2) is 17.8 Å². The third kappa shape index (κ3) is 4.30. The summed E-state index contributed by atoms with van der Waals surface area (Å²) in [5.74, 6) is 0.602. The summed E-state index contributed by atoms with van der Waals surface area (Å²) in [5.41, 5.74) is 1.39. The highest BCUT2D eigenvalue weighted by Crippen LogP contribution is 2.29. The molecule has 0 aliphatic carbocycles. The van der Waals surface area contributed by atoms with Crippen LogP contribution in [0.4, 0.5) is 0 Å². The Kier molecular flexibility index (Phi) is 6.27. The van der Waals surface area contributed by atoms with E-state index >= 15 is 0 Å². The first-order chi connectivity index (χ1) is 14.9. The normalized spacial score (nSPS) is 16.4.